The van der Waals surface area contributed by atoms with E-state index >= 15 is 0 Å². The normalized spacial score (nSPS) is 18.2. The number of ketones is 1. The first-order chi connectivity index (χ1) is 11.6. The van der Waals surface area contributed by atoms with Crippen molar-refractivity contribution in [1.29, 1.82) is 0 Å². The largest absolute Gasteiger partial charge is 0.336 e. The van der Waals surface area contributed by atoms with Crippen LogP contribution in [0.25, 0.3) is 0 Å². The molecule has 1 saturated heterocycles. The maximum Gasteiger partial charge on any atom is 0.292 e. The van der Waals surface area contributed by atoms with E-state index in [4.69, 9.17) is 9.47 Å². The zero-order valence-electron chi connectivity index (χ0n) is 12.7. The van der Waals surface area contributed by atoms with Gasteiger partial charge in [0.25, 0.3) is 11.7 Å². The fraction of sp³-hybridized carbons (Fsp3) is 0.222. The Morgan fingerprint density at radius 2 is 1.88 bits per heavy atom. The van der Waals surface area contributed by atoms with Crippen molar-refractivity contribution < 1.29 is 23.5 Å². The second kappa shape index (κ2) is 5.51. The van der Waals surface area contributed by atoms with E-state index in [0.717, 1.165) is 6.07 Å². The molecular formula is C18H14FNO4. The fourth-order valence-corrected chi connectivity index (χ4v) is 3.13. The number of carbonyl (C=O) groups excluding carboxylic acids is 2. The molecule has 2 aliphatic heterocycles. The number of para-hydroxylation sites is 1. The lowest BCUT2D eigenvalue weighted by molar-refractivity contribution is -0.180. The lowest BCUT2D eigenvalue weighted by atomic mass is 10.1. The zero-order valence-corrected chi connectivity index (χ0v) is 12.7. The molecule has 0 atom stereocenters. The van der Waals surface area contributed by atoms with Crippen LogP contribution < -0.4 is 4.90 Å². The quantitative estimate of drug-likeness (QED) is 0.812. The highest BCUT2D eigenvalue weighted by Gasteiger charge is 2.56. The zero-order chi connectivity index (χ0) is 16.7. The molecule has 2 aromatic carbocycles. The van der Waals surface area contributed by atoms with E-state index in [-0.39, 0.29) is 17.9 Å². The molecule has 4 rings (SSSR count). The topological polar surface area (TPSA) is 55.8 Å². The minimum atomic E-state index is -1.46. The summed E-state index contributed by atoms with van der Waals surface area (Å²) in [4.78, 5) is 26.7. The van der Waals surface area contributed by atoms with Gasteiger partial charge in [0, 0.05) is 11.1 Å². The molecule has 122 valence electrons. The van der Waals surface area contributed by atoms with Crippen molar-refractivity contribution in [2.75, 3.05) is 24.7 Å². The SMILES string of the molecule is O=C(CN1C(=O)C2(OCCO2)c2ccccc21)c1cccc(F)c1. The van der Waals surface area contributed by atoms with Crippen LogP contribution in [0.15, 0.2) is 48.5 Å². The summed E-state index contributed by atoms with van der Waals surface area (Å²) in [6.45, 7) is 0.422. The summed E-state index contributed by atoms with van der Waals surface area (Å²) >= 11 is 0. The maximum absolute atomic E-state index is 13.3. The van der Waals surface area contributed by atoms with Crippen LogP contribution in [0.5, 0.6) is 0 Å². The summed E-state index contributed by atoms with van der Waals surface area (Å²) in [5, 5.41) is 0. The van der Waals surface area contributed by atoms with Crippen LogP contribution in [0, 0.1) is 5.82 Å². The molecule has 0 bridgehead atoms. The molecule has 24 heavy (non-hydrogen) atoms. The van der Waals surface area contributed by atoms with E-state index in [1.54, 1.807) is 24.3 Å². The summed E-state index contributed by atoms with van der Waals surface area (Å²) < 4.78 is 24.5. The van der Waals surface area contributed by atoms with Crippen LogP contribution in [0.4, 0.5) is 10.1 Å². The smallest absolute Gasteiger partial charge is 0.292 e. The molecular weight excluding hydrogens is 313 g/mol. The monoisotopic (exact) mass is 327 g/mol. The van der Waals surface area contributed by atoms with Gasteiger partial charge >= 0.3 is 0 Å². The van der Waals surface area contributed by atoms with Crippen molar-refractivity contribution >= 4 is 17.4 Å². The fourth-order valence-electron chi connectivity index (χ4n) is 3.13. The second-order valence-corrected chi connectivity index (χ2v) is 5.66. The van der Waals surface area contributed by atoms with Crippen LogP contribution in [0.2, 0.25) is 0 Å². The molecule has 2 aliphatic rings. The Morgan fingerprint density at radius 3 is 2.62 bits per heavy atom. The molecule has 0 unspecified atom stereocenters. The third-order valence-corrected chi connectivity index (χ3v) is 4.22. The van der Waals surface area contributed by atoms with Gasteiger partial charge in [-0.1, -0.05) is 30.3 Å². The highest BCUT2D eigenvalue weighted by molar-refractivity contribution is 6.11. The lowest BCUT2D eigenvalue weighted by Crippen LogP contribution is -2.43. The van der Waals surface area contributed by atoms with Gasteiger partial charge in [0.1, 0.15) is 5.82 Å². The molecule has 0 aliphatic carbocycles. The van der Waals surface area contributed by atoms with Crippen molar-refractivity contribution in [2.24, 2.45) is 0 Å². The van der Waals surface area contributed by atoms with Crippen LogP contribution in [0.1, 0.15) is 15.9 Å². The van der Waals surface area contributed by atoms with Crippen LogP contribution in [0.3, 0.4) is 0 Å². The van der Waals surface area contributed by atoms with Crippen molar-refractivity contribution in [3.05, 3.63) is 65.5 Å². The number of hydrogen-bond acceptors (Lipinski definition) is 4. The highest BCUT2D eigenvalue weighted by atomic mass is 19.1. The summed E-state index contributed by atoms with van der Waals surface area (Å²) in [7, 11) is 0. The molecule has 0 aromatic heterocycles. The number of amides is 1. The van der Waals surface area contributed by atoms with Gasteiger partial charge in [0.2, 0.25) is 0 Å². The summed E-state index contributed by atoms with van der Waals surface area (Å²) in [6, 6.07) is 12.5. The lowest BCUT2D eigenvalue weighted by Gasteiger charge is -2.21. The minimum absolute atomic E-state index is 0.201. The van der Waals surface area contributed by atoms with Gasteiger partial charge < -0.3 is 9.47 Å². The second-order valence-electron chi connectivity index (χ2n) is 5.66. The molecule has 0 N–H and O–H groups in total. The summed E-state index contributed by atoms with van der Waals surface area (Å²) in [5.41, 5.74) is 1.39. The Labute approximate surface area is 137 Å². The van der Waals surface area contributed by atoms with Gasteiger partial charge in [-0.2, -0.15) is 0 Å². The van der Waals surface area contributed by atoms with Crippen molar-refractivity contribution in [1.82, 2.24) is 0 Å². The summed E-state index contributed by atoms with van der Waals surface area (Å²) in [6.07, 6.45) is 0. The van der Waals surface area contributed by atoms with E-state index in [1.807, 2.05) is 0 Å². The van der Waals surface area contributed by atoms with Crippen molar-refractivity contribution in [2.45, 2.75) is 5.79 Å². The van der Waals surface area contributed by atoms with Crippen molar-refractivity contribution in [3.8, 4) is 0 Å². The van der Waals surface area contributed by atoms with Gasteiger partial charge in [0.05, 0.1) is 25.4 Å². The number of rotatable bonds is 3. The molecule has 1 amide bonds. The van der Waals surface area contributed by atoms with Gasteiger partial charge in [-0.05, 0) is 18.2 Å². The molecule has 0 saturated carbocycles. The van der Waals surface area contributed by atoms with Crippen LogP contribution >= 0.6 is 0 Å². The molecule has 2 aromatic rings. The molecule has 1 spiro atoms. The molecule has 5 nitrogen and oxygen atoms in total. The first kappa shape index (κ1) is 15.0. The molecule has 2 heterocycles. The minimum Gasteiger partial charge on any atom is -0.336 e. The van der Waals surface area contributed by atoms with E-state index in [9.17, 15) is 14.0 Å². The van der Waals surface area contributed by atoms with Crippen molar-refractivity contribution in [3.63, 3.8) is 0 Å². The Bertz CT molecular complexity index is 829. The third-order valence-electron chi connectivity index (χ3n) is 4.22. The van der Waals surface area contributed by atoms with Gasteiger partial charge in [-0.15, -0.1) is 0 Å². The number of benzene rings is 2. The van der Waals surface area contributed by atoms with Gasteiger partial charge in [-0.3, -0.25) is 14.5 Å². The maximum atomic E-state index is 13.3. The summed E-state index contributed by atoms with van der Waals surface area (Å²) in [5.74, 6) is -2.73. The average molecular weight is 327 g/mol. The van der Waals surface area contributed by atoms with E-state index in [1.165, 1.54) is 23.1 Å². The van der Waals surface area contributed by atoms with E-state index in [2.05, 4.69) is 0 Å². The molecule has 6 heteroatoms. The van der Waals surface area contributed by atoms with Gasteiger partial charge in [0.15, 0.2) is 5.78 Å². The Balaban J connectivity index is 1.69. The molecule has 1 fully saturated rings. The number of anilines is 1. The Morgan fingerprint density at radius 1 is 1.12 bits per heavy atom. The Hall–Kier alpha value is -2.57. The van der Waals surface area contributed by atoms with E-state index < -0.39 is 17.5 Å². The van der Waals surface area contributed by atoms with Crippen LogP contribution in [-0.4, -0.2) is 31.4 Å². The predicted octanol–water partition coefficient (Wildman–Crippen LogP) is 2.25. The van der Waals surface area contributed by atoms with E-state index in [0.29, 0.717) is 24.5 Å². The number of Topliss-reactive ketones (excluding diaryl/α,β-unsaturated/α-hetero) is 1. The number of hydrogen-bond donors (Lipinski definition) is 0. The van der Waals surface area contributed by atoms with Gasteiger partial charge in [-0.25, -0.2) is 4.39 Å². The predicted molar refractivity (Wildman–Crippen MR) is 83.1 cm³/mol. The number of halogens is 1. The first-order valence-corrected chi connectivity index (χ1v) is 7.60. The standard InChI is InChI=1S/C18H14FNO4/c19-13-5-3-4-12(10-13)16(21)11-20-15-7-2-1-6-14(15)18(17(20)22)23-8-9-24-18/h1-7,10H,8-9,11H2. The van der Waals surface area contributed by atoms with Crippen LogP contribution in [-0.2, 0) is 20.1 Å². The highest BCUT2D eigenvalue weighted by Crippen LogP contribution is 2.45. The number of nitrogens with zero attached hydrogens (tertiary/aromatic N) is 1. The number of fused-ring (bicyclic) bond motifs is 2. The Kier molecular flexibility index (Phi) is 3.44. The molecule has 0 radical (unpaired) electrons. The average Bonchev–Trinajstić information content (AvgIpc) is 3.17. The number of ether oxygens (including phenoxy) is 2. The third kappa shape index (κ3) is 2.15. The first-order valence-electron chi connectivity index (χ1n) is 7.60. The number of carbonyl (C=O) groups is 2.